The van der Waals surface area contributed by atoms with Crippen LogP contribution in [0.15, 0.2) is 77.7 Å². The van der Waals surface area contributed by atoms with Crippen molar-refractivity contribution in [2.24, 2.45) is 0 Å². The van der Waals surface area contributed by atoms with E-state index >= 15 is 0 Å². The molecule has 0 unspecified atom stereocenters. The molecule has 9 heteroatoms. The number of ketones is 1. The lowest BCUT2D eigenvalue weighted by Gasteiger charge is -2.22. The molecule has 0 bridgehead atoms. The normalized spacial score (nSPS) is 11.4. The Hall–Kier alpha value is -2.71. The molecule has 3 aromatic rings. The topological polar surface area (TPSA) is 83.6 Å². The van der Waals surface area contributed by atoms with Gasteiger partial charge in [-0.1, -0.05) is 47.5 Å². The first-order valence-electron chi connectivity index (χ1n) is 9.56. The van der Waals surface area contributed by atoms with Crippen molar-refractivity contribution < 1.29 is 18.0 Å². The van der Waals surface area contributed by atoms with Crippen LogP contribution in [0.3, 0.4) is 0 Å². The van der Waals surface area contributed by atoms with Crippen LogP contribution in [0.25, 0.3) is 0 Å². The van der Waals surface area contributed by atoms with Gasteiger partial charge in [0.25, 0.3) is 0 Å². The van der Waals surface area contributed by atoms with Crippen LogP contribution in [-0.4, -0.2) is 31.0 Å². The molecular weight excluding hydrogens is 471 g/mol. The molecule has 0 aromatic heterocycles. The van der Waals surface area contributed by atoms with E-state index in [1.165, 1.54) is 37.3 Å². The smallest absolute Gasteiger partial charge is 0.243 e. The largest absolute Gasteiger partial charge is 0.325 e. The van der Waals surface area contributed by atoms with Gasteiger partial charge in [0.2, 0.25) is 15.9 Å². The second-order valence-corrected chi connectivity index (χ2v) is 9.85. The predicted octanol–water partition coefficient (Wildman–Crippen LogP) is 5.03. The van der Waals surface area contributed by atoms with E-state index in [0.717, 1.165) is 4.31 Å². The van der Waals surface area contributed by atoms with Gasteiger partial charge in [-0.05, 0) is 61.0 Å². The summed E-state index contributed by atoms with van der Waals surface area (Å²) in [6, 6.07) is 18.9. The Kier molecular flexibility index (Phi) is 7.69. The molecule has 0 saturated carbocycles. The average molecular weight is 491 g/mol. The van der Waals surface area contributed by atoms with Crippen LogP contribution >= 0.6 is 23.2 Å². The van der Waals surface area contributed by atoms with Gasteiger partial charge in [0.05, 0.1) is 11.4 Å². The Bertz CT molecular complexity index is 1230. The van der Waals surface area contributed by atoms with Gasteiger partial charge in [0, 0.05) is 27.8 Å². The van der Waals surface area contributed by atoms with Gasteiger partial charge in [0.15, 0.2) is 5.78 Å². The van der Waals surface area contributed by atoms with Crippen molar-refractivity contribution in [2.75, 3.05) is 11.9 Å². The monoisotopic (exact) mass is 490 g/mol. The molecule has 3 rings (SSSR count). The molecule has 0 fully saturated rings. The number of sulfonamides is 1. The SMILES string of the molecule is CC(=O)c1cccc(NC(=O)CN(Cc2ccc(Cl)cc2)S(=O)(=O)c2ccc(Cl)cc2)c1. The van der Waals surface area contributed by atoms with Crippen molar-refractivity contribution in [3.8, 4) is 0 Å². The number of carbonyl (C=O) groups excluding carboxylic acids is 2. The second-order valence-electron chi connectivity index (χ2n) is 7.04. The minimum atomic E-state index is -4.01. The van der Waals surface area contributed by atoms with E-state index in [0.29, 0.717) is 26.9 Å². The summed E-state index contributed by atoms with van der Waals surface area (Å²) in [5, 5.41) is 3.57. The Balaban J connectivity index is 1.87. The van der Waals surface area contributed by atoms with Crippen molar-refractivity contribution in [3.63, 3.8) is 0 Å². The molecule has 0 atom stereocenters. The zero-order valence-electron chi connectivity index (χ0n) is 17.1. The van der Waals surface area contributed by atoms with Gasteiger partial charge in [-0.3, -0.25) is 9.59 Å². The Labute approximate surface area is 196 Å². The second kappa shape index (κ2) is 10.3. The first-order valence-corrected chi connectivity index (χ1v) is 11.8. The van der Waals surface area contributed by atoms with E-state index in [2.05, 4.69) is 5.32 Å². The first-order chi connectivity index (χ1) is 15.1. The highest BCUT2D eigenvalue weighted by Crippen LogP contribution is 2.22. The Morgan fingerprint density at radius 3 is 2.09 bits per heavy atom. The molecule has 32 heavy (non-hydrogen) atoms. The summed E-state index contributed by atoms with van der Waals surface area (Å²) in [5.74, 6) is -0.687. The standard InChI is InChI=1S/C23H20Cl2N2O4S/c1-16(28)18-3-2-4-21(13-18)26-23(29)15-27(14-17-5-7-19(24)8-6-17)32(30,31)22-11-9-20(25)10-12-22/h2-13H,14-15H2,1H3,(H,26,29). The third kappa shape index (κ3) is 6.17. The van der Waals surface area contributed by atoms with E-state index in [9.17, 15) is 18.0 Å². The highest BCUT2D eigenvalue weighted by Gasteiger charge is 2.27. The van der Waals surface area contributed by atoms with E-state index in [4.69, 9.17) is 23.2 Å². The number of amides is 1. The number of anilines is 1. The molecule has 1 N–H and O–H groups in total. The number of carbonyl (C=O) groups is 2. The maximum Gasteiger partial charge on any atom is 0.243 e. The summed E-state index contributed by atoms with van der Waals surface area (Å²) in [4.78, 5) is 24.3. The Morgan fingerprint density at radius 2 is 1.50 bits per heavy atom. The fourth-order valence-electron chi connectivity index (χ4n) is 2.95. The number of rotatable bonds is 8. The lowest BCUT2D eigenvalue weighted by atomic mass is 10.1. The average Bonchev–Trinajstić information content (AvgIpc) is 2.75. The van der Waals surface area contributed by atoms with E-state index < -0.39 is 22.5 Å². The van der Waals surface area contributed by atoms with Crippen molar-refractivity contribution >= 4 is 50.6 Å². The molecule has 0 aliphatic carbocycles. The minimum Gasteiger partial charge on any atom is -0.325 e. The van der Waals surface area contributed by atoms with Crippen molar-refractivity contribution in [1.82, 2.24) is 4.31 Å². The molecule has 0 radical (unpaired) electrons. The zero-order valence-corrected chi connectivity index (χ0v) is 19.4. The quantitative estimate of drug-likeness (QED) is 0.449. The number of hydrogen-bond donors (Lipinski definition) is 1. The summed E-state index contributed by atoms with van der Waals surface area (Å²) >= 11 is 11.8. The van der Waals surface area contributed by atoms with Crippen LogP contribution in [0.4, 0.5) is 5.69 Å². The van der Waals surface area contributed by atoms with Crippen molar-refractivity contribution in [3.05, 3.63) is 94.0 Å². The third-order valence-corrected chi connectivity index (χ3v) is 6.91. The first kappa shape index (κ1) is 23.9. The summed E-state index contributed by atoms with van der Waals surface area (Å²) < 4.78 is 27.6. The maximum absolute atomic E-state index is 13.3. The molecular formula is C23H20Cl2N2O4S. The van der Waals surface area contributed by atoms with Gasteiger partial charge in [-0.15, -0.1) is 0 Å². The van der Waals surface area contributed by atoms with Crippen LogP contribution < -0.4 is 5.32 Å². The Morgan fingerprint density at radius 1 is 0.906 bits per heavy atom. The van der Waals surface area contributed by atoms with Crippen molar-refractivity contribution in [1.29, 1.82) is 0 Å². The van der Waals surface area contributed by atoms with E-state index in [1.807, 2.05) is 0 Å². The number of Topliss-reactive ketones (excluding diaryl/α,β-unsaturated/α-hetero) is 1. The molecule has 0 spiro atoms. The van der Waals surface area contributed by atoms with Crippen molar-refractivity contribution in [2.45, 2.75) is 18.4 Å². The molecule has 1 amide bonds. The summed E-state index contributed by atoms with van der Waals surface area (Å²) in [7, 11) is -4.01. The number of hydrogen-bond acceptors (Lipinski definition) is 4. The number of benzene rings is 3. The lowest BCUT2D eigenvalue weighted by molar-refractivity contribution is -0.116. The molecule has 6 nitrogen and oxygen atoms in total. The summed E-state index contributed by atoms with van der Waals surface area (Å²) in [6.07, 6.45) is 0. The highest BCUT2D eigenvalue weighted by atomic mass is 35.5. The van der Waals surface area contributed by atoms with Gasteiger partial charge in [-0.2, -0.15) is 4.31 Å². The molecule has 0 heterocycles. The highest BCUT2D eigenvalue weighted by molar-refractivity contribution is 7.89. The number of halogens is 2. The van der Waals surface area contributed by atoms with Crippen LogP contribution in [0, 0.1) is 0 Å². The summed E-state index contributed by atoms with van der Waals surface area (Å²) in [6.45, 7) is 0.953. The van der Waals surface area contributed by atoms with Crippen LogP contribution in [0.1, 0.15) is 22.8 Å². The van der Waals surface area contributed by atoms with Crippen LogP contribution in [0.2, 0.25) is 10.0 Å². The fourth-order valence-corrected chi connectivity index (χ4v) is 4.59. The molecule has 0 saturated heterocycles. The summed E-state index contributed by atoms with van der Waals surface area (Å²) in [5.41, 5.74) is 1.51. The maximum atomic E-state index is 13.3. The molecule has 0 aliphatic heterocycles. The number of nitrogens with one attached hydrogen (secondary N) is 1. The number of nitrogens with zero attached hydrogens (tertiary/aromatic N) is 1. The minimum absolute atomic E-state index is 0.0160. The van der Waals surface area contributed by atoms with Gasteiger partial charge >= 0.3 is 0 Å². The van der Waals surface area contributed by atoms with Gasteiger partial charge < -0.3 is 5.32 Å². The lowest BCUT2D eigenvalue weighted by Crippen LogP contribution is -2.37. The molecule has 166 valence electrons. The van der Waals surface area contributed by atoms with E-state index in [1.54, 1.807) is 42.5 Å². The predicted molar refractivity (Wildman–Crippen MR) is 126 cm³/mol. The van der Waals surface area contributed by atoms with Gasteiger partial charge in [-0.25, -0.2) is 8.42 Å². The van der Waals surface area contributed by atoms with Crippen LogP contribution in [0.5, 0.6) is 0 Å². The van der Waals surface area contributed by atoms with Gasteiger partial charge in [0.1, 0.15) is 0 Å². The van der Waals surface area contributed by atoms with E-state index in [-0.39, 0.29) is 17.2 Å². The fraction of sp³-hybridized carbons (Fsp3) is 0.130. The zero-order chi connectivity index (χ0) is 23.3. The van der Waals surface area contributed by atoms with Crippen LogP contribution in [-0.2, 0) is 21.4 Å². The molecule has 3 aromatic carbocycles. The molecule has 0 aliphatic rings. The third-order valence-electron chi connectivity index (χ3n) is 4.60.